The lowest BCUT2D eigenvalue weighted by Crippen LogP contribution is -2.49. The number of rotatable bonds is 3. The number of fused-ring (bicyclic) bond motifs is 1. The lowest BCUT2D eigenvalue weighted by molar-refractivity contribution is -0.134. The molecule has 1 aliphatic rings. The molecule has 5 heteroatoms. The summed E-state index contributed by atoms with van der Waals surface area (Å²) in [5.74, 6) is -0.304. The highest BCUT2D eigenvalue weighted by Crippen LogP contribution is 2.34. The van der Waals surface area contributed by atoms with E-state index in [2.05, 4.69) is 26.1 Å². The average molecular weight is 367 g/mol. The van der Waals surface area contributed by atoms with E-state index in [1.165, 1.54) is 0 Å². The number of hydrogen-bond acceptors (Lipinski definition) is 4. The number of carbonyl (C=O) groups is 2. The van der Waals surface area contributed by atoms with Gasteiger partial charge in [0.2, 0.25) is 0 Å². The van der Waals surface area contributed by atoms with Gasteiger partial charge in [0.25, 0.3) is 5.91 Å². The maximum absolute atomic E-state index is 13.0. The van der Waals surface area contributed by atoms with Crippen LogP contribution in [0.3, 0.4) is 0 Å². The molecule has 1 aliphatic heterocycles. The summed E-state index contributed by atoms with van der Waals surface area (Å²) in [6, 6.07) is 12.9. The molecule has 2 aromatic rings. The molecular formula is C22H25NO4. The topological polar surface area (TPSA) is 64.6 Å². The highest BCUT2D eigenvalue weighted by Gasteiger charge is 2.42. The van der Waals surface area contributed by atoms with Crippen LogP contribution in [0.4, 0.5) is 5.69 Å². The van der Waals surface area contributed by atoms with Gasteiger partial charge in [-0.3, -0.25) is 4.79 Å². The van der Waals surface area contributed by atoms with Crippen LogP contribution in [0.25, 0.3) is 0 Å². The van der Waals surface area contributed by atoms with Gasteiger partial charge in [0.1, 0.15) is 5.75 Å². The van der Waals surface area contributed by atoms with Gasteiger partial charge in [0.05, 0.1) is 18.4 Å². The highest BCUT2D eigenvalue weighted by atomic mass is 16.6. The quantitative estimate of drug-likeness (QED) is 0.830. The summed E-state index contributed by atoms with van der Waals surface area (Å²) < 4.78 is 10.9. The Morgan fingerprint density at radius 3 is 2.56 bits per heavy atom. The van der Waals surface area contributed by atoms with E-state index >= 15 is 0 Å². The Hall–Kier alpha value is -2.82. The van der Waals surface area contributed by atoms with Crippen molar-refractivity contribution in [3.8, 4) is 5.75 Å². The highest BCUT2D eigenvalue weighted by molar-refractivity contribution is 6.03. The number of ether oxygens (including phenoxy) is 2. The van der Waals surface area contributed by atoms with Gasteiger partial charge >= 0.3 is 5.97 Å². The van der Waals surface area contributed by atoms with Crippen LogP contribution in [0, 0.1) is 0 Å². The molecule has 0 aromatic heterocycles. The first-order valence-corrected chi connectivity index (χ1v) is 8.95. The molecule has 1 amide bonds. The van der Waals surface area contributed by atoms with Crippen LogP contribution in [-0.4, -0.2) is 24.6 Å². The van der Waals surface area contributed by atoms with Crippen molar-refractivity contribution in [2.75, 3.05) is 12.4 Å². The molecule has 0 fully saturated rings. The van der Waals surface area contributed by atoms with Crippen molar-refractivity contribution in [2.24, 2.45) is 0 Å². The summed E-state index contributed by atoms with van der Waals surface area (Å²) >= 11 is 0. The van der Waals surface area contributed by atoms with E-state index in [4.69, 9.17) is 9.47 Å². The summed E-state index contributed by atoms with van der Waals surface area (Å²) in [5.41, 5.74) is 1.58. The van der Waals surface area contributed by atoms with Gasteiger partial charge in [-0.05, 0) is 41.7 Å². The van der Waals surface area contributed by atoms with E-state index in [9.17, 15) is 9.59 Å². The molecule has 2 aromatic carbocycles. The van der Waals surface area contributed by atoms with Gasteiger partial charge in [-0.1, -0.05) is 45.0 Å². The first-order valence-electron chi connectivity index (χ1n) is 8.95. The second kappa shape index (κ2) is 6.72. The fourth-order valence-electron chi connectivity index (χ4n) is 3.19. The first-order chi connectivity index (χ1) is 12.6. The second-order valence-electron chi connectivity index (χ2n) is 8.07. The van der Waals surface area contributed by atoms with E-state index in [1.807, 2.05) is 30.3 Å². The number of anilines is 1. The molecule has 5 nitrogen and oxygen atoms in total. The summed E-state index contributed by atoms with van der Waals surface area (Å²) in [6.07, 6.45) is 0.321. The van der Waals surface area contributed by atoms with Gasteiger partial charge in [-0.2, -0.15) is 0 Å². The molecule has 1 heterocycles. The molecule has 0 saturated carbocycles. The third kappa shape index (κ3) is 3.68. The van der Waals surface area contributed by atoms with Gasteiger partial charge < -0.3 is 14.8 Å². The van der Waals surface area contributed by atoms with E-state index in [0.717, 1.165) is 11.1 Å². The maximum atomic E-state index is 13.0. The van der Waals surface area contributed by atoms with Crippen LogP contribution in [0.2, 0.25) is 0 Å². The third-order valence-corrected chi connectivity index (χ3v) is 4.88. The molecule has 3 rings (SSSR count). The zero-order valence-electron chi connectivity index (χ0n) is 16.4. The van der Waals surface area contributed by atoms with E-state index in [-0.39, 0.29) is 11.3 Å². The smallest absolute Gasteiger partial charge is 0.339 e. The molecule has 27 heavy (non-hydrogen) atoms. The SMILES string of the molecule is COc1ccc(C(C)(C)C)cc1NC(=O)C1(C)Cc2ccccc2C(=O)O1. The molecule has 0 spiro atoms. The predicted molar refractivity (Wildman–Crippen MR) is 104 cm³/mol. The van der Waals surface area contributed by atoms with Crippen LogP contribution >= 0.6 is 0 Å². The number of hydrogen-bond donors (Lipinski definition) is 1. The largest absolute Gasteiger partial charge is 0.495 e. The molecule has 0 aliphatic carbocycles. The normalized spacial score (nSPS) is 19.1. The van der Waals surface area contributed by atoms with Crippen molar-refractivity contribution >= 4 is 17.6 Å². The average Bonchev–Trinajstić information content (AvgIpc) is 2.60. The molecule has 142 valence electrons. The standard InChI is InChI=1S/C22H25NO4/c1-21(2,3)15-10-11-18(26-5)17(12-15)23-20(25)22(4)13-14-8-6-7-9-16(14)19(24)27-22/h6-12H,13H2,1-5H3,(H,23,25). The zero-order chi connectivity index (χ0) is 19.8. The Morgan fingerprint density at radius 2 is 1.89 bits per heavy atom. The van der Waals surface area contributed by atoms with E-state index in [1.54, 1.807) is 26.2 Å². The Kier molecular flexibility index (Phi) is 4.72. The van der Waals surface area contributed by atoms with Gasteiger partial charge in [0.15, 0.2) is 5.60 Å². The molecule has 0 saturated heterocycles. The minimum atomic E-state index is -1.28. The minimum absolute atomic E-state index is 0.0775. The van der Waals surface area contributed by atoms with E-state index in [0.29, 0.717) is 23.4 Å². The van der Waals surface area contributed by atoms with Crippen LogP contribution in [0.5, 0.6) is 5.75 Å². The van der Waals surface area contributed by atoms with Crippen molar-refractivity contribution in [3.05, 3.63) is 59.2 Å². The van der Waals surface area contributed by atoms with E-state index < -0.39 is 11.6 Å². The summed E-state index contributed by atoms with van der Waals surface area (Å²) in [4.78, 5) is 25.4. The molecular weight excluding hydrogens is 342 g/mol. The maximum Gasteiger partial charge on any atom is 0.339 e. The van der Waals surface area contributed by atoms with Gasteiger partial charge in [-0.15, -0.1) is 0 Å². The van der Waals surface area contributed by atoms with Crippen LogP contribution in [0.15, 0.2) is 42.5 Å². The summed E-state index contributed by atoms with van der Waals surface area (Å²) in [6.45, 7) is 7.93. The Bertz CT molecular complexity index is 897. The summed E-state index contributed by atoms with van der Waals surface area (Å²) in [5, 5.41) is 2.89. The van der Waals surface area contributed by atoms with Gasteiger partial charge in [-0.25, -0.2) is 4.79 Å². The number of cyclic esters (lactones) is 1. The first kappa shape index (κ1) is 19.0. The Balaban J connectivity index is 1.90. The monoisotopic (exact) mass is 367 g/mol. The minimum Gasteiger partial charge on any atom is -0.495 e. The van der Waals surface area contributed by atoms with Crippen LogP contribution < -0.4 is 10.1 Å². The predicted octanol–water partition coefficient (Wildman–Crippen LogP) is 4.10. The fraction of sp³-hybridized carbons (Fsp3) is 0.364. The number of amides is 1. The Labute approximate surface area is 159 Å². The lowest BCUT2D eigenvalue weighted by atomic mass is 9.86. The Morgan fingerprint density at radius 1 is 1.19 bits per heavy atom. The summed E-state index contributed by atoms with van der Waals surface area (Å²) in [7, 11) is 1.56. The molecule has 1 atom stereocenters. The van der Waals surface area contributed by atoms with Crippen LogP contribution in [-0.2, 0) is 21.4 Å². The number of benzene rings is 2. The number of methoxy groups -OCH3 is 1. The molecule has 1 N–H and O–H groups in total. The molecule has 1 unspecified atom stereocenters. The lowest BCUT2D eigenvalue weighted by Gasteiger charge is -2.33. The van der Waals surface area contributed by atoms with Crippen molar-refractivity contribution in [2.45, 2.75) is 45.1 Å². The van der Waals surface area contributed by atoms with Crippen LogP contribution in [0.1, 0.15) is 49.2 Å². The van der Waals surface area contributed by atoms with Crippen molar-refractivity contribution in [1.29, 1.82) is 0 Å². The number of carbonyl (C=O) groups excluding carboxylic acids is 2. The fourth-order valence-corrected chi connectivity index (χ4v) is 3.19. The number of esters is 1. The second-order valence-corrected chi connectivity index (χ2v) is 8.07. The molecule has 0 bridgehead atoms. The zero-order valence-corrected chi connectivity index (χ0v) is 16.4. The van der Waals surface area contributed by atoms with Crippen molar-refractivity contribution < 1.29 is 19.1 Å². The van der Waals surface area contributed by atoms with Crippen molar-refractivity contribution in [3.63, 3.8) is 0 Å². The number of nitrogens with one attached hydrogen (secondary N) is 1. The molecule has 0 radical (unpaired) electrons. The van der Waals surface area contributed by atoms with Gasteiger partial charge in [0, 0.05) is 6.42 Å². The van der Waals surface area contributed by atoms with Crippen molar-refractivity contribution in [1.82, 2.24) is 0 Å². The third-order valence-electron chi connectivity index (χ3n) is 4.88.